The summed E-state index contributed by atoms with van der Waals surface area (Å²) in [7, 11) is 1.91. The second-order valence-electron chi connectivity index (χ2n) is 6.66. The number of likely N-dealkylation sites (N-methyl/N-ethyl adjacent to an activating group) is 1. The zero-order valence-electron chi connectivity index (χ0n) is 13.9. The molecule has 0 saturated heterocycles. The van der Waals surface area contributed by atoms with Gasteiger partial charge in [0.05, 0.1) is 17.7 Å². The molecule has 122 valence electrons. The maximum absolute atomic E-state index is 12.4. The maximum Gasteiger partial charge on any atom is 0.237 e. The lowest BCUT2D eigenvalue weighted by Gasteiger charge is -2.32. The molecule has 1 aliphatic carbocycles. The summed E-state index contributed by atoms with van der Waals surface area (Å²) in [5.41, 5.74) is 0.481. The van der Waals surface area contributed by atoms with Crippen molar-refractivity contribution in [3.8, 4) is 0 Å². The zero-order chi connectivity index (χ0) is 16.2. The van der Waals surface area contributed by atoms with Crippen molar-refractivity contribution >= 4 is 5.91 Å². The second kappa shape index (κ2) is 7.25. The van der Waals surface area contributed by atoms with Crippen LogP contribution in [-0.2, 0) is 4.79 Å². The first-order valence-corrected chi connectivity index (χ1v) is 8.19. The summed E-state index contributed by atoms with van der Waals surface area (Å²) in [5, 5.41) is 13.5. The average molecular weight is 304 g/mol. The van der Waals surface area contributed by atoms with Gasteiger partial charge >= 0.3 is 0 Å². The monoisotopic (exact) mass is 304 g/mol. The van der Waals surface area contributed by atoms with Gasteiger partial charge in [0.1, 0.15) is 0 Å². The minimum absolute atomic E-state index is 0.000417. The maximum atomic E-state index is 12.4. The predicted octanol–water partition coefficient (Wildman–Crippen LogP) is 2.49. The molecule has 0 aromatic heterocycles. The Morgan fingerprint density at radius 2 is 1.86 bits per heavy atom. The van der Waals surface area contributed by atoms with Gasteiger partial charge in [-0.3, -0.25) is 9.69 Å². The topological polar surface area (TPSA) is 52.6 Å². The lowest BCUT2D eigenvalue weighted by molar-refractivity contribution is -0.127. The van der Waals surface area contributed by atoms with Crippen LogP contribution in [0.25, 0.3) is 0 Å². The van der Waals surface area contributed by atoms with Gasteiger partial charge in [0.15, 0.2) is 0 Å². The molecule has 1 saturated carbocycles. The van der Waals surface area contributed by atoms with Gasteiger partial charge in [-0.1, -0.05) is 43.2 Å². The summed E-state index contributed by atoms with van der Waals surface area (Å²) in [6, 6.07) is 9.68. The number of carbonyl (C=O) groups excluding carboxylic acids is 1. The Labute approximate surface area is 133 Å². The Kier molecular flexibility index (Phi) is 5.59. The highest BCUT2D eigenvalue weighted by Gasteiger charge is 2.34. The number of rotatable bonds is 6. The number of benzene rings is 1. The van der Waals surface area contributed by atoms with E-state index in [-0.39, 0.29) is 18.0 Å². The zero-order valence-corrected chi connectivity index (χ0v) is 13.9. The molecule has 1 aliphatic rings. The van der Waals surface area contributed by atoms with Gasteiger partial charge in [-0.05, 0) is 39.3 Å². The van der Waals surface area contributed by atoms with Crippen molar-refractivity contribution in [3.63, 3.8) is 0 Å². The fourth-order valence-electron chi connectivity index (χ4n) is 3.15. The molecule has 2 unspecified atom stereocenters. The first kappa shape index (κ1) is 17.0. The summed E-state index contributed by atoms with van der Waals surface area (Å²) in [6.45, 7) is 4.44. The summed E-state index contributed by atoms with van der Waals surface area (Å²) in [4.78, 5) is 14.4. The molecule has 2 atom stereocenters. The number of amides is 1. The molecule has 0 spiro atoms. The van der Waals surface area contributed by atoms with Crippen molar-refractivity contribution in [2.24, 2.45) is 0 Å². The van der Waals surface area contributed by atoms with E-state index in [1.165, 1.54) is 0 Å². The fraction of sp³-hybridized carbons (Fsp3) is 0.611. The Balaban J connectivity index is 1.88. The van der Waals surface area contributed by atoms with Crippen LogP contribution in [0.1, 0.15) is 51.1 Å². The van der Waals surface area contributed by atoms with Crippen LogP contribution in [0.4, 0.5) is 0 Å². The van der Waals surface area contributed by atoms with Gasteiger partial charge in [0.25, 0.3) is 0 Å². The second-order valence-corrected chi connectivity index (χ2v) is 6.66. The largest absolute Gasteiger partial charge is 0.389 e. The molecule has 2 N–H and O–H groups in total. The van der Waals surface area contributed by atoms with E-state index >= 15 is 0 Å². The highest BCUT2D eigenvalue weighted by molar-refractivity contribution is 5.81. The van der Waals surface area contributed by atoms with E-state index in [4.69, 9.17) is 0 Å². The summed E-state index contributed by atoms with van der Waals surface area (Å²) in [6.07, 6.45) is 3.84. The fourth-order valence-corrected chi connectivity index (χ4v) is 3.15. The summed E-state index contributed by atoms with van der Waals surface area (Å²) in [5.74, 6) is 0.000417. The van der Waals surface area contributed by atoms with Gasteiger partial charge in [0.2, 0.25) is 5.91 Å². The van der Waals surface area contributed by atoms with Crippen LogP contribution in [0.3, 0.4) is 0 Å². The average Bonchev–Trinajstić information content (AvgIpc) is 2.93. The van der Waals surface area contributed by atoms with Crippen molar-refractivity contribution < 1.29 is 9.90 Å². The molecule has 0 radical (unpaired) electrons. The third-order valence-corrected chi connectivity index (χ3v) is 4.78. The van der Waals surface area contributed by atoms with E-state index in [0.29, 0.717) is 6.54 Å². The van der Waals surface area contributed by atoms with Crippen molar-refractivity contribution in [3.05, 3.63) is 35.9 Å². The lowest BCUT2D eigenvalue weighted by Crippen LogP contribution is -2.49. The molecule has 0 bridgehead atoms. The Hall–Kier alpha value is -1.39. The van der Waals surface area contributed by atoms with Crippen molar-refractivity contribution in [2.45, 2.75) is 57.2 Å². The number of aliphatic hydroxyl groups is 1. The van der Waals surface area contributed by atoms with Crippen molar-refractivity contribution in [1.82, 2.24) is 10.2 Å². The highest BCUT2D eigenvalue weighted by atomic mass is 16.3. The van der Waals surface area contributed by atoms with Crippen LogP contribution in [0, 0.1) is 0 Å². The van der Waals surface area contributed by atoms with Crippen molar-refractivity contribution in [2.75, 3.05) is 13.6 Å². The van der Waals surface area contributed by atoms with Gasteiger partial charge in [-0.25, -0.2) is 0 Å². The third kappa shape index (κ3) is 4.31. The van der Waals surface area contributed by atoms with E-state index in [2.05, 4.69) is 5.32 Å². The number of nitrogens with one attached hydrogen (secondary N) is 1. The van der Waals surface area contributed by atoms with Crippen LogP contribution >= 0.6 is 0 Å². The molecule has 0 aliphatic heterocycles. The quantitative estimate of drug-likeness (QED) is 0.849. The highest BCUT2D eigenvalue weighted by Crippen LogP contribution is 2.30. The normalized spacial score (nSPS) is 19.9. The van der Waals surface area contributed by atoms with Crippen LogP contribution in [0.5, 0.6) is 0 Å². The number of hydrogen-bond acceptors (Lipinski definition) is 3. The molecule has 1 aromatic carbocycles. The molecule has 2 rings (SSSR count). The standard InChI is InChI=1S/C18H28N2O2/c1-14(16-9-5-4-6-10-16)19-17(21)15(2)20(3)13-18(22)11-7-8-12-18/h4-6,9-10,14-15,22H,7-8,11-13H2,1-3H3,(H,19,21). The summed E-state index contributed by atoms with van der Waals surface area (Å²) < 4.78 is 0. The van der Waals surface area contributed by atoms with Crippen LogP contribution in [0.2, 0.25) is 0 Å². The van der Waals surface area contributed by atoms with E-state index in [9.17, 15) is 9.90 Å². The minimum atomic E-state index is -0.617. The Morgan fingerprint density at radius 1 is 1.27 bits per heavy atom. The smallest absolute Gasteiger partial charge is 0.237 e. The third-order valence-electron chi connectivity index (χ3n) is 4.78. The van der Waals surface area contributed by atoms with Gasteiger partial charge in [-0.2, -0.15) is 0 Å². The first-order chi connectivity index (χ1) is 10.4. The molecule has 22 heavy (non-hydrogen) atoms. The number of nitrogens with zero attached hydrogens (tertiary/aromatic N) is 1. The SMILES string of the molecule is CC(NC(=O)C(C)N(C)CC1(O)CCCC1)c1ccccc1. The van der Waals surface area contributed by atoms with Crippen LogP contribution < -0.4 is 5.32 Å². The summed E-state index contributed by atoms with van der Waals surface area (Å²) >= 11 is 0. The predicted molar refractivity (Wildman–Crippen MR) is 88.5 cm³/mol. The van der Waals surface area contributed by atoms with E-state index in [1.807, 2.05) is 56.1 Å². The van der Waals surface area contributed by atoms with Gasteiger partial charge in [0, 0.05) is 6.54 Å². The molecule has 1 aromatic rings. The molecule has 0 heterocycles. The molecule has 1 amide bonds. The molecule has 1 fully saturated rings. The van der Waals surface area contributed by atoms with E-state index < -0.39 is 5.60 Å². The minimum Gasteiger partial charge on any atom is -0.389 e. The van der Waals surface area contributed by atoms with Crippen LogP contribution in [0.15, 0.2) is 30.3 Å². The van der Waals surface area contributed by atoms with Crippen molar-refractivity contribution in [1.29, 1.82) is 0 Å². The Bertz CT molecular complexity index is 483. The molecular weight excluding hydrogens is 276 g/mol. The van der Waals surface area contributed by atoms with E-state index in [1.54, 1.807) is 0 Å². The van der Waals surface area contributed by atoms with Gasteiger partial charge in [-0.15, -0.1) is 0 Å². The van der Waals surface area contributed by atoms with E-state index in [0.717, 1.165) is 31.2 Å². The molecular formula is C18H28N2O2. The number of hydrogen-bond donors (Lipinski definition) is 2. The Morgan fingerprint density at radius 3 is 2.45 bits per heavy atom. The van der Waals surface area contributed by atoms with Crippen LogP contribution in [-0.4, -0.2) is 41.1 Å². The lowest BCUT2D eigenvalue weighted by atomic mass is 10.0. The van der Waals surface area contributed by atoms with Gasteiger partial charge < -0.3 is 10.4 Å². The molecule has 4 nitrogen and oxygen atoms in total. The number of carbonyl (C=O) groups is 1. The molecule has 4 heteroatoms. The first-order valence-electron chi connectivity index (χ1n) is 8.19.